The summed E-state index contributed by atoms with van der Waals surface area (Å²) in [5.41, 5.74) is 6.63. The largest absolute Gasteiger partial charge is 0.368 e. The zero-order valence-corrected chi connectivity index (χ0v) is 15.7. The molecule has 2 aliphatic heterocycles. The summed E-state index contributed by atoms with van der Waals surface area (Å²) in [5, 5.41) is 8.46. The van der Waals surface area contributed by atoms with Crippen molar-refractivity contribution in [1.82, 2.24) is 20.1 Å². The van der Waals surface area contributed by atoms with Gasteiger partial charge in [0.2, 0.25) is 11.9 Å². The molecular formula is C18H23ClF2N6. The normalized spacial score (nSPS) is 23.8. The maximum atomic E-state index is 14.2. The van der Waals surface area contributed by atoms with E-state index in [2.05, 4.69) is 20.1 Å². The average molecular weight is 397 g/mol. The molecule has 3 heterocycles. The molecule has 0 bridgehead atoms. The van der Waals surface area contributed by atoms with Gasteiger partial charge in [0.05, 0.1) is 6.54 Å². The third-order valence-electron chi connectivity index (χ3n) is 5.53. The van der Waals surface area contributed by atoms with Crippen LogP contribution in [-0.2, 0) is 6.42 Å². The molecule has 4 rings (SSSR count). The van der Waals surface area contributed by atoms with E-state index < -0.39 is 5.92 Å². The van der Waals surface area contributed by atoms with E-state index in [0.717, 1.165) is 31.5 Å². The van der Waals surface area contributed by atoms with Crippen molar-refractivity contribution in [2.75, 3.05) is 30.3 Å². The van der Waals surface area contributed by atoms with E-state index in [4.69, 9.17) is 17.3 Å². The Bertz CT molecular complexity index is 772. The highest BCUT2D eigenvalue weighted by atomic mass is 35.5. The van der Waals surface area contributed by atoms with Crippen molar-refractivity contribution in [3.63, 3.8) is 0 Å². The Balaban J connectivity index is 1.42. The highest BCUT2D eigenvalue weighted by Gasteiger charge is 2.47. The minimum Gasteiger partial charge on any atom is -0.368 e. The Hall–Kier alpha value is -1.93. The van der Waals surface area contributed by atoms with Crippen molar-refractivity contribution < 1.29 is 8.78 Å². The monoisotopic (exact) mass is 396 g/mol. The van der Waals surface area contributed by atoms with Gasteiger partial charge >= 0.3 is 0 Å². The lowest BCUT2D eigenvalue weighted by Crippen LogP contribution is -2.48. The number of nitrogens with zero attached hydrogens (tertiary/aromatic N) is 4. The second-order valence-electron chi connectivity index (χ2n) is 7.47. The van der Waals surface area contributed by atoms with Gasteiger partial charge in [0, 0.05) is 36.6 Å². The topological polar surface area (TPSA) is 74.1 Å². The Labute approximate surface area is 161 Å². The van der Waals surface area contributed by atoms with Crippen LogP contribution >= 0.6 is 11.6 Å². The molecule has 0 unspecified atom stereocenters. The molecule has 0 aliphatic carbocycles. The Kier molecular flexibility index (Phi) is 4.94. The van der Waals surface area contributed by atoms with Crippen LogP contribution in [0.4, 0.5) is 20.7 Å². The van der Waals surface area contributed by atoms with Crippen LogP contribution in [0.5, 0.6) is 0 Å². The van der Waals surface area contributed by atoms with Crippen molar-refractivity contribution in [3.8, 4) is 0 Å². The number of halogens is 3. The Morgan fingerprint density at radius 3 is 2.52 bits per heavy atom. The number of rotatable bonds is 4. The van der Waals surface area contributed by atoms with E-state index in [9.17, 15) is 8.78 Å². The first-order chi connectivity index (χ1) is 12.9. The first-order valence-electron chi connectivity index (χ1n) is 9.21. The smallest absolute Gasteiger partial charge is 0.262 e. The van der Waals surface area contributed by atoms with Crippen LogP contribution in [0.1, 0.15) is 24.8 Å². The third-order valence-corrected chi connectivity index (χ3v) is 5.78. The number of alkyl halides is 2. The van der Waals surface area contributed by atoms with Crippen molar-refractivity contribution in [2.24, 2.45) is 0 Å². The lowest BCUT2D eigenvalue weighted by molar-refractivity contribution is 0.00626. The quantitative estimate of drug-likeness (QED) is 0.831. The molecule has 2 aromatic rings. The van der Waals surface area contributed by atoms with Crippen molar-refractivity contribution in [3.05, 3.63) is 34.9 Å². The molecule has 2 aliphatic rings. The van der Waals surface area contributed by atoms with E-state index >= 15 is 0 Å². The van der Waals surface area contributed by atoms with Gasteiger partial charge in [-0.1, -0.05) is 23.7 Å². The average Bonchev–Trinajstić information content (AvgIpc) is 3.20. The Morgan fingerprint density at radius 2 is 1.89 bits per heavy atom. The summed E-state index contributed by atoms with van der Waals surface area (Å²) in [7, 11) is 0. The van der Waals surface area contributed by atoms with Crippen LogP contribution in [0, 0.1) is 0 Å². The molecule has 2 fully saturated rings. The molecule has 9 heteroatoms. The van der Waals surface area contributed by atoms with Crippen LogP contribution in [0.2, 0.25) is 5.02 Å². The summed E-state index contributed by atoms with van der Waals surface area (Å²) in [6.45, 7) is 1.33. The molecule has 1 aromatic heterocycles. The molecule has 1 aromatic carbocycles. The second kappa shape index (κ2) is 7.24. The van der Waals surface area contributed by atoms with Gasteiger partial charge in [-0.2, -0.15) is 0 Å². The molecule has 1 atom stereocenters. The molecule has 146 valence electrons. The zero-order valence-electron chi connectivity index (χ0n) is 14.9. The van der Waals surface area contributed by atoms with Crippen LogP contribution < -0.4 is 10.6 Å². The highest BCUT2D eigenvalue weighted by Crippen LogP contribution is 2.37. The molecule has 0 radical (unpaired) electrons. The first kappa shape index (κ1) is 18.4. The summed E-state index contributed by atoms with van der Waals surface area (Å²) in [6, 6.07) is 7.47. The standard InChI is InChI=1S/C18H23ClF2N6/c19-13-3-1-12(2-4-13)9-15-10-18(20,21)11-27(15)14-5-7-26(8-6-14)17-23-16(22)24-25-17/h1-4,14-15H,5-11H2,(H3,22,23,24,25)/t15-/m0/s1. The fraction of sp³-hybridized carbons (Fsp3) is 0.556. The minimum atomic E-state index is -2.63. The van der Waals surface area contributed by atoms with Gasteiger partial charge < -0.3 is 10.6 Å². The van der Waals surface area contributed by atoms with Gasteiger partial charge in [-0.15, -0.1) is 10.2 Å². The molecule has 0 spiro atoms. The summed E-state index contributed by atoms with van der Waals surface area (Å²) in [6.07, 6.45) is 2.15. The van der Waals surface area contributed by atoms with E-state index in [1.165, 1.54) is 0 Å². The van der Waals surface area contributed by atoms with Gasteiger partial charge in [-0.25, -0.2) is 8.78 Å². The molecule has 6 nitrogen and oxygen atoms in total. The highest BCUT2D eigenvalue weighted by molar-refractivity contribution is 6.30. The number of nitrogens with one attached hydrogen (secondary N) is 1. The molecular weight excluding hydrogens is 374 g/mol. The number of hydrogen-bond donors (Lipinski definition) is 2. The number of benzene rings is 1. The molecule has 0 amide bonds. The predicted octanol–water partition coefficient (Wildman–Crippen LogP) is 2.96. The maximum absolute atomic E-state index is 14.2. The van der Waals surface area contributed by atoms with Crippen molar-refractivity contribution in [1.29, 1.82) is 0 Å². The number of aromatic nitrogens is 3. The number of H-pyrrole nitrogens is 1. The van der Waals surface area contributed by atoms with Gasteiger partial charge in [0.15, 0.2) is 0 Å². The fourth-order valence-corrected chi connectivity index (χ4v) is 4.38. The molecule has 0 saturated carbocycles. The van der Waals surface area contributed by atoms with E-state index in [1.54, 1.807) is 0 Å². The van der Waals surface area contributed by atoms with Crippen LogP contribution in [-0.4, -0.2) is 57.7 Å². The number of nitrogens with two attached hydrogens (primary N) is 1. The van der Waals surface area contributed by atoms with Gasteiger partial charge in [-0.05, 0) is 37.0 Å². The number of likely N-dealkylation sites (tertiary alicyclic amines) is 1. The van der Waals surface area contributed by atoms with Crippen LogP contribution in [0.15, 0.2) is 24.3 Å². The lowest BCUT2D eigenvalue weighted by Gasteiger charge is -2.39. The summed E-state index contributed by atoms with van der Waals surface area (Å²) < 4.78 is 28.4. The first-order valence-corrected chi connectivity index (χ1v) is 9.58. The van der Waals surface area contributed by atoms with Gasteiger partial charge in [0.1, 0.15) is 0 Å². The van der Waals surface area contributed by atoms with Crippen LogP contribution in [0.25, 0.3) is 0 Å². The SMILES string of the molecule is Nc1nnc(N2CCC(N3CC(F)(F)C[C@@H]3Cc3ccc(Cl)cc3)CC2)[nH]1. The van der Waals surface area contributed by atoms with E-state index in [0.29, 0.717) is 17.4 Å². The van der Waals surface area contributed by atoms with Crippen molar-refractivity contribution >= 4 is 23.5 Å². The van der Waals surface area contributed by atoms with Crippen molar-refractivity contribution in [2.45, 2.75) is 43.7 Å². The number of piperidine rings is 1. The number of anilines is 2. The lowest BCUT2D eigenvalue weighted by atomic mass is 9.99. The Morgan fingerprint density at radius 1 is 1.19 bits per heavy atom. The third kappa shape index (κ3) is 4.16. The number of hydrogen-bond acceptors (Lipinski definition) is 5. The summed E-state index contributed by atoms with van der Waals surface area (Å²) in [4.78, 5) is 7.01. The maximum Gasteiger partial charge on any atom is 0.262 e. The molecule has 3 N–H and O–H groups in total. The zero-order chi connectivity index (χ0) is 19.0. The summed E-state index contributed by atoms with van der Waals surface area (Å²) >= 11 is 5.93. The molecule has 2 saturated heterocycles. The second-order valence-corrected chi connectivity index (χ2v) is 7.91. The minimum absolute atomic E-state index is 0.0888. The van der Waals surface area contributed by atoms with E-state index in [1.807, 2.05) is 29.2 Å². The summed E-state index contributed by atoms with van der Waals surface area (Å²) in [5.74, 6) is -1.70. The number of nitrogen functional groups attached to an aromatic ring is 1. The predicted molar refractivity (Wildman–Crippen MR) is 101 cm³/mol. The fourth-order valence-electron chi connectivity index (χ4n) is 4.25. The van der Waals surface area contributed by atoms with Crippen LogP contribution in [0.3, 0.4) is 0 Å². The van der Waals surface area contributed by atoms with Gasteiger partial charge in [0.25, 0.3) is 5.92 Å². The van der Waals surface area contributed by atoms with Gasteiger partial charge in [-0.3, -0.25) is 9.88 Å². The number of aromatic amines is 1. The molecule has 27 heavy (non-hydrogen) atoms. The van der Waals surface area contributed by atoms with E-state index in [-0.39, 0.29) is 31.0 Å².